The Morgan fingerprint density at radius 3 is 1.10 bits per heavy atom. The van der Waals surface area contributed by atoms with Gasteiger partial charge in [-0.25, -0.2) is 0 Å². The summed E-state index contributed by atoms with van der Waals surface area (Å²) in [6.07, 6.45) is 2.00. The summed E-state index contributed by atoms with van der Waals surface area (Å²) in [4.78, 5) is 65.5. The molecular formula is C47H89N2O19P. The number of hydrogen-bond acceptors (Lipinski definition) is 19. The van der Waals surface area contributed by atoms with E-state index in [2.05, 4.69) is 10.6 Å². The fourth-order valence-electron chi connectivity index (χ4n) is 5.81. The number of ether oxygens (including phenoxy) is 12. The minimum absolute atomic E-state index is 0.00674. The summed E-state index contributed by atoms with van der Waals surface area (Å²) in [5.41, 5.74) is -0.0184. The number of carbonyl (C=O) groups excluding carboxylic acids is 5. The zero-order valence-corrected chi connectivity index (χ0v) is 43.7. The average Bonchev–Trinajstić information content (AvgIpc) is 3.32. The second-order valence-corrected chi connectivity index (χ2v) is 19.3. The van der Waals surface area contributed by atoms with Gasteiger partial charge in [0.05, 0.1) is 138 Å². The van der Waals surface area contributed by atoms with Crippen LogP contribution in [-0.2, 0) is 89.9 Å². The molecule has 0 spiro atoms. The lowest BCUT2D eigenvalue weighted by atomic mass is 9.99. The number of carbonyl (C=O) groups is 5. The molecule has 0 rings (SSSR count). The molecule has 21 nitrogen and oxygen atoms in total. The van der Waals surface area contributed by atoms with Gasteiger partial charge in [0.1, 0.15) is 5.78 Å². The van der Waals surface area contributed by atoms with Crippen LogP contribution in [0.25, 0.3) is 0 Å². The quantitative estimate of drug-likeness (QED) is 0.0655. The highest BCUT2D eigenvalue weighted by Crippen LogP contribution is 2.47. The number of hydrogen-bond donors (Lipinski definition) is 2. The fourth-order valence-corrected chi connectivity index (χ4v) is 6.54. The summed E-state index contributed by atoms with van der Waals surface area (Å²) in [7, 11) is 2.13. The summed E-state index contributed by atoms with van der Waals surface area (Å²) in [5, 5.41) is 5.54. The first kappa shape index (κ1) is 66.7. The Labute approximate surface area is 411 Å². The van der Waals surface area contributed by atoms with Crippen molar-refractivity contribution in [3.05, 3.63) is 0 Å². The van der Waals surface area contributed by atoms with Crippen LogP contribution < -0.4 is 10.6 Å². The summed E-state index contributed by atoms with van der Waals surface area (Å²) in [6.45, 7) is 13.4. The second kappa shape index (κ2) is 48.0. The molecule has 0 radical (unpaired) electrons. The van der Waals surface area contributed by atoms with E-state index in [0.29, 0.717) is 145 Å². The standard InChI is InChI=1S/C47H89N2O19P/c1-40(2)69(6,55)68-39-38-67-37-36-66-35-34-65-33-32-64-31-30-63-29-28-62-21-17-47(54)49-43(45(52)12-9-20-61-27-24-58-5)15-16-46(53)48-42(44(51)11-8-19-60-26-23-57-4)14-13-41(50)10-7-18-59-25-22-56-3/h40,42-43H,7-39H2,1-6H3,(H,48,53)(H,49,54). The lowest BCUT2D eigenvalue weighted by molar-refractivity contribution is -0.130. The molecule has 0 aromatic carbocycles. The minimum atomic E-state index is -2.58. The Morgan fingerprint density at radius 2 is 0.710 bits per heavy atom. The smallest absolute Gasteiger partial charge is 0.222 e. The maximum Gasteiger partial charge on any atom is 0.222 e. The molecule has 0 aromatic heterocycles. The van der Waals surface area contributed by atoms with Gasteiger partial charge in [0.25, 0.3) is 0 Å². The van der Waals surface area contributed by atoms with Crippen molar-refractivity contribution in [1.82, 2.24) is 10.6 Å². The van der Waals surface area contributed by atoms with Crippen LogP contribution in [-0.4, -0.2) is 220 Å². The maximum atomic E-state index is 13.3. The van der Waals surface area contributed by atoms with Crippen molar-refractivity contribution in [2.75, 3.05) is 173 Å². The van der Waals surface area contributed by atoms with Crippen molar-refractivity contribution in [3.8, 4) is 0 Å². The first-order chi connectivity index (χ1) is 33.4. The molecule has 22 heteroatoms. The fraction of sp³-hybridized carbons (Fsp3) is 0.894. The highest BCUT2D eigenvalue weighted by molar-refractivity contribution is 7.58. The van der Waals surface area contributed by atoms with Gasteiger partial charge in [-0.1, -0.05) is 13.8 Å². The molecule has 0 aliphatic carbocycles. The Hall–Kier alpha value is -2.34. The molecule has 2 amide bonds. The average molecular weight is 1020 g/mol. The van der Waals surface area contributed by atoms with Gasteiger partial charge in [-0.15, -0.1) is 0 Å². The molecule has 69 heavy (non-hydrogen) atoms. The number of amides is 2. The lowest BCUT2D eigenvalue weighted by Gasteiger charge is -2.20. The van der Waals surface area contributed by atoms with E-state index in [1.165, 1.54) is 0 Å². The summed E-state index contributed by atoms with van der Waals surface area (Å²) in [6, 6.07) is -1.85. The van der Waals surface area contributed by atoms with E-state index in [4.69, 9.17) is 61.4 Å². The number of nitrogens with one attached hydrogen (secondary N) is 2. The van der Waals surface area contributed by atoms with Crippen LogP contribution in [0.5, 0.6) is 0 Å². The van der Waals surface area contributed by atoms with Crippen molar-refractivity contribution in [3.63, 3.8) is 0 Å². The first-order valence-electron chi connectivity index (χ1n) is 24.4. The van der Waals surface area contributed by atoms with E-state index in [-0.39, 0.29) is 94.2 Å². The van der Waals surface area contributed by atoms with Gasteiger partial charge in [-0.3, -0.25) is 28.5 Å². The maximum absolute atomic E-state index is 13.3. The SMILES string of the molecule is COCCOCCCC(=O)CCC(NC(=O)CCC(NC(=O)CCOCCOCCOCCOCCOCCOCCOP(C)(=O)C(C)C)C(=O)CCCOCCOC)C(=O)CCCOCCOC. The molecule has 2 N–H and O–H groups in total. The first-order valence-corrected chi connectivity index (χ1v) is 26.6. The van der Waals surface area contributed by atoms with Gasteiger partial charge in [0, 0.05) is 92.0 Å². The van der Waals surface area contributed by atoms with E-state index in [1.54, 1.807) is 28.0 Å². The predicted molar refractivity (Wildman–Crippen MR) is 257 cm³/mol. The van der Waals surface area contributed by atoms with Gasteiger partial charge >= 0.3 is 0 Å². The molecule has 406 valence electrons. The summed E-state index contributed by atoms with van der Waals surface area (Å²) >= 11 is 0. The molecule has 0 bridgehead atoms. The van der Waals surface area contributed by atoms with Crippen LogP contribution in [0.3, 0.4) is 0 Å². The number of methoxy groups -OCH3 is 3. The van der Waals surface area contributed by atoms with Crippen LogP contribution in [0.2, 0.25) is 0 Å². The van der Waals surface area contributed by atoms with Crippen molar-refractivity contribution in [1.29, 1.82) is 0 Å². The van der Waals surface area contributed by atoms with Crippen molar-refractivity contribution in [2.45, 2.75) is 102 Å². The minimum Gasteiger partial charge on any atom is -0.382 e. The molecule has 0 saturated carbocycles. The van der Waals surface area contributed by atoms with Gasteiger partial charge in [0.2, 0.25) is 19.2 Å². The van der Waals surface area contributed by atoms with Gasteiger partial charge in [0.15, 0.2) is 11.6 Å². The molecular weight excluding hydrogens is 927 g/mol. The third-order valence-corrected chi connectivity index (χ3v) is 12.7. The number of Topliss-reactive ketones (excluding diaryl/α,β-unsaturated/α-hetero) is 3. The third-order valence-electron chi connectivity index (χ3n) is 10.1. The normalized spacial score (nSPS) is 13.3. The Morgan fingerprint density at radius 1 is 0.391 bits per heavy atom. The number of ketones is 3. The van der Waals surface area contributed by atoms with Crippen molar-refractivity contribution < 1.29 is 89.9 Å². The van der Waals surface area contributed by atoms with Crippen LogP contribution in [0, 0.1) is 0 Å². The monoisotopic (exact) mass is 1020 g/mol. The summed E-state index contributed by atoms with van der Waals surface area (Å²) in [5.74, 6) is -1.42. The van der Waals surface area contributed by atoms with Crippen molar-refractivity contribution >= 4 is 36.5 Å². The molecule has 0 fully saturated rings. The van der Waals surface area contributed by atoms with Crippen LogP contribution in [0.1, 0.15) is 84.5 Å². The van der Waals surface area contributed by atoms with Crippen LogP contribution >= 0.6 is 7.37 Å². The van der Waals surface area contributed by atoms with E-state index < -0.39 is 31.3 Å². The van der Waals surface area contributed by atoms with E-state index in [0.717, 1.165) is 0 Å². The van der Waals surface area contributed by atoms with Gasteiger partial charge in [-0.05, 0) is 32.1 Å². The summed E-state index contributed by atoms with van der Waals surface area (Å²) < 4.78 is 81.8. The zero-order chi connectivity index (χ0) is 51.1. The highest BCUT2D eigenvalue weighted by Gasteiger charge is 2.25. The molecule has 0 heterocycles. The highest BCUT2D eigenvalue weighted by atomic mass is 31.2. The number of rotatable bonds is 54. The second-order valence-electron chi connectivity index (χ2n) is 16.2. The van der Waals surface area contributed by atoms with Gasteiger partial charge < -0.3 is 72.0 Å². The topological polar surface area (TPSA) is 246 Å². The Balaban J connectivity index is 4.68. The van der Waals surface area contributed by atoms with E-state index >= 15 is 0 Å². The Bertz CT molecular complexity index is 1330. The molecule has 0 aliphatic heterocycles. The van der Waals surface area contributed by atoms with Crippen LogP contribution in [0.4, 0.5) is 0 Å². The molecule has 0 saturated heterocycles. The van der Waals surface area contributed by atoms with Gasteiger partial charge in [-0.2, -0.15) is 0 Å². The Kier molecular flexibility index (Phi) is 46.3. The third kappa shape index (κ3) is 43.0. The lowest BCUT2D eigenvalue weighted by Crippen LogP contribution is -2.44. The largest absolute Gasteiger partial charge is 0.382 e. The van der Waals surface area contributed by atoms with E-state index in [1.807, 2.05) is 13.8 Å². The predicted octanol–water partition coefficient (Wildman–Crippen LogP) is 3.38. The van der Waals surface area contributed by atoms with Crippen molar-refractivity contribution in [2.24, 2.45) is 0 Å². The molecule has 0 aromatic rings. The zero-order valence-electron chi connectivity index (χ0n) is 42.8. The molecule has 3 unspecified atom stereocenters. The molecule has 3 atom stereocenters. The van der Waals surface area contributed by atoms with Crippen LogP contribution in [0.15, 0.2) is 0 Å². The van der Waals surface area contributed by atoms with E-state index in [9.17, 15) is 28.5 Å². The molecule has 0 aliphatic rings.